The number of aryl methyl sites for hydroxylation is 3. The third kappa shape index (κ3) is 3.36. The van der Waals surface area contributed by atoms with Crippen LogP contribution in [0.5, 0.6) is 0 Å². The Balaban J connectivity index is 1.79. The van der Waals surface area contributed by atoms with Crippen molar-refractivity contribution in [3.63, 3.8) is 0 Å². The Hall–Kier alpha value is -3.19. The van der Waals surface area contributed by atoms with Crippen molar-refractivity contribution in [2.75, 3.05) is 0 Å². The van der Waals surface area contributed by atoms with Crippen molar-refractivity contribution in [3.8, 4) is 0 Å². The van der Waals surface area contributed by atoms with Crippen LogP contribution < -0.4 is 0 Å². The van der Waals surface area contributed by atoms with Crippen LogP contribution in [0.3, 0.4) is 0 Å². The summed E-state index contributed by atoms with van der Waals surface area (Å²) in [4.78, 5) is 13.5. The molecule has 4 aromatic rings. The van der Waals surface area contributed by atoms with Gasteiger partial charge < -0.3 is 0 Å². The first kappa shape index (κ1) is 18.2. The lowest BCUT2D eigenvalue weighted by atomic mass is 9.89. The van der Waals surface area contributed by atoms with E-state index in [-0.39, 0.29) is 5.78 Å². The zero-order chi connectivity index (χ0) is 19.7. The second-order valence-electron chi connectivity index (χ2n) is 7.58. The van der Waals surface area contributed by atoms with E-state index in [2.05, 4.69) is 67.6 Å². The lowest BCUT2D eigenvalue weighted by molar-refractivity contribution is 0.103. The second kappa shape index (κ2) is 7.44. The molecule has 0 unspecified atom stereocenters. The molecule has 0 aliphatic carbocycles. The van der Waals surface area contributed by atoms with Gasteiger partial charge in [0.1, 0.15) is 0 Å². The van der Waals surface area contributed by atoms with Crippen LogP contribution in [-0.4, -0.2) is 5.78 Å². The minimum atomic E-state index is 0.117. The van der Waals surface area contributed by atoms with E-state index in [9.17, 15) is 4.79 Å². The molecular formula is C27H24O. The van der Waals surface area contributed by atoms with Crippen LogP contribution in [0.2, 0.25) is 0 Å². The van der Waals surface area contributed by atoms with Crippen molar-refractivity contribution in [1.29, 1.82) is 0 Å². The highest BCUT2D eigenvalue weighted by molar-refractivity contribution is 6.11. The van der Waals surface area contributed by atoms with Gasteiger partial charge in [-0.15, -0.1) is 0 Å². The topological polar surface area (TPSA) is 17.1 Å². The molecule has 4 rings (SSSR count). The highest BCUT2D eigenvalue weighted by Gasteiger charge is 2.18. The number of ketones is 1. The van der Waals surface area contributed by atoms with Gasteiger partial charge in [-0.2, -0.15) is 0 Å². The largest absolute Gasteiger partial charge is 0.289 e. The van der Waals surface area contributed by atoms with Crippen molar-refractivity contribution in [1.82, 2.24) is 0 Å². The fourth-order valence-corrected chi connectivity index (χ4v) is 4.22. The number of carbonyl (C=O) groups excluding carboxylic acids is 1. The minimum Gasteiger partial charge on any atom is -0.289 e. The maximum atomic E-state index is 13.5. The number of hydrogen-bond acceptors (Lipinski definition) is 1. The van der Waals surface area contributed by atoms with Crippen LogP contribution >= 0.6 is 0 Å². The van der Waals surface area contributed by atoms with Gasteiger partial charge in [-0.1, -0.05) is 84.4 Å². The summed E-state index contributed by atoms with van der Waals surface area (Å²) >= 11 is 0. The van der Waals surface area contributed by atoms with E-state index in [0.717, 1.165) is 34.2 Å². The van der Waals surface area contributed by atoms with Crippen molar-refractivity contribution in [2.24, 2.45) is 0 Å². The standard InChI is InChI=1S/C27H24O/c1-18-15-19(2)26(20(3)16-18)27(28)25-14-7-5-10-23(25)17-22-12-8-11-21-9-4-6-13-24(21)22/h4-16H,17H2,1-3H3. The number of carbonyl (C=O) groups is 1. The summed E-state index contributed by atoms with van der Waals surface area (Å²) < 4.78 is 0. The number of rotatable bonds is 4. The summed E-state index contributed by atoms with van der Waals surface area (Å²) in [7, 11) is 0. The lowest BCUT2D eigenvalue weighted by Crippen LogP contribution is -2.10. The molecule has 0 atom stereocenters. The molecule has 0 N–H and O–H groups in total. The smallest absolute Gasteiger partial charge is 0.193 e. The molecule has 138 valence electrons. The van der Waals surface area contributed by atoms with Crippen molar-refractivity contribution in [2.45, 2.75) is 27.2 Å². The zero-order valence-electron chi connectivity index (χ0n) is 16.6. The normalized spacial score (nSPS) is 11.0. The van der Waals surface area contributed by atoms with Gasteiger partial charge in [-0.05, 0) is 60.2 Å². The predicted molar refractivity (Wildman–Crippen MR) is 117 cm³/mol. The Bertz CT molecular complexity index is 1160. The fourth-order valence-electron chi connectivity index (χ4n) is 4.22. The van der Waals surface area contributed by atoms with Gasteiger partial charge in [0.25, 0.3) is 0 Å². The van der Waals surface area contributed by atoms with Crippen LogP contribution in [0, 0.1) is 20.8 Å². The predicted octanol–water partition coefficient (Wildman–Crippen LogP) is 6.59. The molecule has 0 saturated carbocycles. The van der Waals surface area contributed by atoms with Gasteiger partial charge in [0.15, 0.2) is 5.78 Å². The quantitative estimate of drug-likeness (QED) is 0.373. The maximum absolute atomic E-state index is 13.5. The van der Waals surface area contributed by atoms with Crippen LogP contribution in [-0.2, 0) is 6.42 Å². The molecule has 0 heterocycles. The second-order valence-corrected chi connectivity index (χ2v) is 7.58. The highest BCUT2D eigenvalue weighted by Crippen LogP contribution is 2.26. The molecule has 1 heteroatoms. The Morgan fingerprint density at radius 2 is 1.32 bits per heavy atom. The van der Waals surface area contributed by atoms with E-state index < -0.39 is 0 Å². The molecule has 0 bridgehead atoms. The number of fused-ring (bicyclic) bond motifs is 1. The van der Waals surface area contributed by atoms with E-state index >= 15 is 0 Å². The van der Waals surface area contributed by atoms with Crippen LogP contribution in [0.1, 0.15) is 43.7 Å². The van der Waals surface area contributed by atoms with Crippen LogP contribution in [0.4, 0.5) is 0 Å². The first-order valence-electron chi connectivity index (χ1n) is 9.71. The molecule has 0 aliphatic rings. The number of hydrogen-bond donors (Lipinski definition) is 0. The van der Waals surface area contributed by atoms with E-state index in [1.54, 1.807) is 0 Å². The summed E-state index contributed by atoms with van der Waals surface area (Å²) in [5.74, 6) is 0.117. The molecule has 4 aromatic carbocycles. The molecule has 0 aromatic heterocycles. The van der Waals surface area contributed by atoms with E-state index in [0.29, 0.717) is 0 Å². The van der Waals surface area contributed by atoms with Crippen molar-refractivity contribution < 1.29 is 4.79 Å². The monoisotopic (exact) mass is 364 g/mol. The summed E-state index contributed by atoms with van der Waals surface area (Å²) in [5, 5.41) is 2.48. The molecule has 0 radical (unpaired) electrons. The van der Waals surface area contributed by atoms with Crippen LogP contribution in [0.25, 0.3) is 10.8 Å². The third-order valence-electron chi connectivity index (χ3n) is 5.43. The number of benzene rings is 4. The Morgan fingerprint density at radius 1 is 0.714 bits per heavy atom. The fraction of sp³-hybridized carbons (Fsp3) is 0.148. The van der Waals surface area contributed by atoms with Gasteiger partial charge >= 0.3 is 0 Å². The molecule has 0 saturated heterocycles. The Kier molecular flexibility index (Phi) is 4.83. The molecule has 1 nitrogen and oxygen atoms in total. The van der Waals surface area contributed by atoms with Gasteiger partial charge in [0, 0.05) is 11.1 Å². The summed E-state index contributed by atoms with van der Waals surface area (Å²) in [6.07, 6.45) is 0.743. The van der Waals surface area contributed by atoms with E-state index in [4.69, 9.17) is 0 Å². The zero-order valence-corrected chi connectivity index (χ0v) is 16.6. The van der Waals surface area contributed by atoms with Gasteiger partial charge in [0.05, 0.1) is 0 Å². The summed E-state index contributed by atoms with van der Waals surface area (Å²) in [6, 6.07) is 27.0. The van der Waals surface area contributed by atoms with E-state index in [1.807, 2.05) is 32.0 Å². The minimum absolute atomic E-state index is 0.117. The van der Waals surface area contributed by atoms with Gasteiger partial charge in [0.2, 0.25) is 0 Å². The van der Waals surface area contributed by atoms with Gasteiger partial charge in [-0.25, -0.2) is 0 Å². The highest BCUT2D eigenvalue weighted by atomic mass is 16.1. The molecule has 0 fully saturated rings. The maximum Gasteiger partial charge on any atom is 0.193 e. The molecule has 0 spiro atoms. The van der Waals surface area contributed by atoms with Gasteiger partial charge in [-0.3, -0.25) is 4.79 Å². The third-order valence-corrected chi connectivity index (χ3v) is 5.43. The molecule has 0 aliphatic heterocycles. The summed E-state index contributed by atoms with van der Waals surface area (Å²) in [6.45, 7) is 6.13. The summed E-state index contributed by atoms with van der Waals surface area (Å²) in [5.41, 5.74) is 7.22. The first-order valence-corrected chi connectivity index (χ1v) is 9.71. The Morgan fingerprint density at radius 3 is 2.11 bits per heavy atom. The molecule has 0 amide bonds. The molecular weight excluding hydrogens is 340 g/mol. The van der Waals surface area contributed by atoms with E-state index in [1.165, 1.54) is 21.9 Å². The van der Waals surface area contributed by atoms with Crippen LogP contribution in [0.15, 0.2) is 78.9 Å². The van der Waals surface area contributed by atoms with Crippen molar-refractivity contribution in [3.05, 3.63) is 118 Å². The Labute approximate surface area is 166 Å². The molecule has 28 heavy (non-hydrogen) atoms. The average molecular weight is 364 g/mol. The SMILES string of the molecule is Cc1cc(C)c(C(=O)c2ccccc2Cc2cccc3ccccc23)c(C)c1. The van der Waals surface area contributed by atoms with Crippen molar-refractivity contribution >= 4 is 16.6 Å². The first-order chi connectivity index (χ1) is 13.5. The lowest BCUT2D eigenvalue weighted by Gasteiger charge is -2.14. The average Bonchev–Trinajstić information content (AvgIpc) is 2.68.